The van der Waals surface area contributed by atoms with Crippen LogP contribution in [0.1, 0.15) is 17.3 Å². The van der Waals surface area contributed by atoms with Gasteiger partial charge in [0.05, 0.1) is 27.4 Å². The second kappa shape index (κ2) is 8.85. The van der Waals surface area contributed by atoms with Crippen LogP contribution in [-0.2, 0) is 6.54 Å². The highest BCUT2D eigenvalue weighted by Gasteiger charge is 2.32. The zero-order chi connectivity index (χ0) is 22.0. The van der Waals surface area contributed by atoms with E-state index in [-0.39, 0.29) is 11.9 Å². The molecule has 162 valence electrons. The van der Waals surface area contributed by atoms with Crippen LogP contribution in [-0.4, -0.2) is 42.5 Å². The summed E-state index contributed by atoms with van der Waals surface area (Å²) >= 11 is 5.75. The van der Waals surface area contributed by atoms with Gasteiger partial charge in [-0.05, 0) is 60.2 Å². The predicted molar refractivity (Wildman–Crippen MR) is 122 cm³/mol. The van der Waals surface area contributed by atoms with E-state index in [0.29, 0.717) is 34.6 Å². The third-order valence-corrected chi connectivity index (χ3v) is 5.71. The minimum absolute atomic E-state index is 0.189. The van der Waals surface area contributed by atoms with Crippen molar-refractivity contribution in [2.24, 2.45) is 0 Å². The van der Waals surface area contributed by atoms with Crippen molar-refractivity contribution in [1.29, 1.82) is 0 Å². The summed E-state index contributed by atoms with van der Waals surface area (Å²) in [6.07, 6.45) is 2.06. The van der Waals surface area contributed by atoms with Gasteiger partial charge in [0.25, 0.3) is 0 Å². The lowest BCUT2D eigenvalue weighted by atomic mass is 9.99. The van der Waals surface area contributed by atoms with E-state index in [4.69, 9.17) is 26.4 Å². The molecule has 1 N–H and O–H groups in total. The highest BCUT2D eigenvalue weighted by atomic mass is 32.1. The largest absolute Gasteiger partial charge is 0.493 e. The zero-order valence-electron chi connectivity index (χ0n) is 17.6. The minimum Gasteiger partial charge on any atom is -0.493 e. The molecule has 0 unspecified atom stereocenters. The molecule has 6 nitrogen and oxygen atoms in total. The number of rotatable bonds is 5. The number of thiocarbonyl (C=S) groups is 1. The number of nitrogens with one attached hydrogen (secondary N) is 1. The van der Waals surface area contributed by atoms with Crippen molar-refractivity contribution in [2.45, 2.75) is 12.6 Å². The van der Waals surface area contributed by atoms with Crippen molar-refractivity contribution in [2.75, 3.05) is 33.2 Å². The Kier molecular flexibility index (Phi) is 5.99. The van der Waals surface area contributed by atoms with Gasteiger partial charge in [-0.1, -0.05) is 6.07 Å². The molecule has 0 aliphatic carbocycles. The molecule has 0 spiro atoms. The van der Waals surface area contributed by atoms with Gasteiger partial charge in [0.2, 0.25) is 5.75 Å². The molecule has 1 aliphatic rings. The van der Waals surface area contributed by atoms with Gasteiger partial charge >= 0.3 is 0 Å². The molecular weight excluding hydrogens is 417 g/mol. The Hall–Kier alpha value is -3.26. The Labute approximate surface area is 186 Å². The number of aromatic nitrogens is 1. The van der Waals surface area contributed by atoms with Gasteiger partial charge in [-0.2, -0.15) is 0 Å². The first-order chi connectivity index (χ1) is 15.0. The van der Waals surface area contributed by atoms with Crippen molar-refractivity contribution >= 4 is 23.0 Å². The summed E-state index contributed by atoms with van der Waals surface area (Å²) in [5.74, 6) is 1.36. The summed E-state index contributed by atoms with van der Waals surface area (Å²) in [6, 6.07) is 14.0. The van der Waals surface area contributed by atoms with Gasteiger partial charge in [0, 0.05) is 30.7 Å². The molecule has 0 saturated carbocycles. The lowest BCUT2D eigenvalue weighted by Gasteiger charge is -2.39. The SMILES string of the molecule is COc1cc([C@@H]2c3cccn3CCN2C(=S)Nc2cccc(F)c2)cc(OC)c1OC. The fraction of sp³-hybridized carbons (Fsp3) is 0.261. The summed E-state index contributed by atoms with van der Waals surface area (Å²) in [5.41, 5.74) is 2.64. The lowest BCUT2D eigenvalue weighted by Crippen LogP contribution is -2.44. The van der Waals surface area contributed by atoms with Gasteiger partial charge in [-0.3, -0.25) is 0 Å². The van der Waals surface area contributed by atoms with Gasteiger partial charge in [-0.25, -0.2) is 4.39 Å². The first-order valence-electron chi connectivity index (χ1n) is 9.84. The molecule has 0 fully saturated rings. The van der Waals surface area contributed by atoms with Gasteiger partial charge < -0.3 is 29.0 Å². The van der Waals surface area contributed by atoms with E-state index in [9.17, 15) is 4.39 Å². The number of benzene rings is 2. The van der Waals surface area contributed by atoms with Crippen LogP contribution in [0.5, 0.6) is 17.2 Å². The van der Waals surface area contributed by atoms with Gasteiger partial charge in [-0.15, -0.1) is 0 Å². The normalized spacial score (nSPS) is 15.2. The maximum absolute atomic E-state index is 13.7. The zero-order valence-corrected chi connectivity index (χ0v) is 18.4. The molecule has 0 bridgehead atoms. The van der Waals surface area contributed by atoms with Crippen LogP contribution in [0.2, 0.25) is 0 Å². The Morgan fingerprint density at radius 2 is 1.74 bits per heavy atom. The molecule has 0 saturated heterocycles. The summed E-state index contributed by atoms with van der Waals surface area (Å²) < 4.78 is 32.5. The van der Waals surface area contributed by atoms with E-state index in [1.54, 1.807) is 33.5 Å². The van der Waals surface area contributed by atoms with Gasteiger partial charge in [0.15, 0.2) is 16.6 Å². The lowest BCUT2D eigenvalue weighted by molar-refractivity contribution is 0.288. The fourth-order valence-corrected chi connectivity index (χ4v) is 4.29. The molecule has 1 aromatic heterocycles. The number of halogens is 1. The second-order valence-electron chi connectivity index (χ2n) is 7.12. The monoisotopic (exact) mass is 441 g/mol. The molecule has 0 amide bonds. The van der Waals surface area contributed by atoms with E-state index in [1.165, 1.54) is 12.1 Å². The van der Waals surface area contributed by atoms with Crippen molar-refractivity contribution < 1.29 is 18.6 Å². The third-order valence-electron chi connectivity index (χ3n) is 5.38. The van der Waals surface area contributed by atoms with Crippen LogP contribution in [0.25, 0.3) is 0 Å². The number of methoxy groups -OCH3 is 3. The molecule has 8 heteroatoms. The summed E-state index contributed by atoms with van der Waals surface area (Å²) in [5, 5.41) is 3.69. The smallest absolute Gasteiger partial charge is 0.203 e. The molecule has 1 aliphatic heterocycles. The Morgan fingerprint density at radius 3 is 2.39 bits per heavy atom. The maximum Gasteiger partial charge on any atom is 0.203 e. The number of anilines is 1. The summed E-state index contributed by atoms with van der Waals surface area (Å²) in [7, 11) is 4.77. The molecule has 2 aromatic carbocycles. The highest BCUT2D eigenvalue weighted by molar-refractivity contribution is 7.80. The standard InChI is InChI=1S/C23H24FN3O3S/c1-28-19-12-15(13-20(29-2)22(19)30-3)21-18-8-5-9-26(18)10-11-27(21)23(31)25-17-7-4-6-16(24)14-17/h4-9,12-14,21H,10-11H2,1-3H3,(H,25,31)/t21-/m1/s1. The molecule has 2 heterocycles. The molecule has 3 aromatic rings. The van der Waals surface area contributed by atoms with Gasteiger partial charge in [0.1, 0.15) is 5.82 Å². The minimum atomic E-state index is -0.318. The fourth-order valence-electron chi connectivity index (χ4n) is 3.97. The van der Waals surface area contributed by atoms with Crippen molar-refractivity contribution in [3.63, 3.8) is 0 Å². The van der Waals surface area contributed by atoms with Crippen LogP contribution >= 0.6 is 12.2 Å². The van der Waals surface area contributed by atoms with E-state index in [0.717, 1.165) is 17.8 Å². The number of ether oxygens (including phenoxy) is 3. The quantitative estimate of drug-likeness (QED) is 0.590. The maximum atomic E-state index is 13.7. The molecule has 1 atom stereocenters. The number of hydrogen-bond donors (Lipinski definition) is 1. The Morgan fingerprint density at radius 1 is 1.00 bits per heavy atom. The van der Waals surface area contributed by atoms with E-state index >= 15 is 0 Å². The van der Waals surface area contributed by atoms with E-state index in [2.05, 4.69) is 27.0 Å². The van der Waals surface area contributed by atoms with Crippen molar-refractivity contribution in [3.8, 4) is 17.2 Å². The average Bonchev–Trinajstić information content (AvgIpc) is 3.26. The van der Waals surface area contributed by atoms with Crippen LogP contribution in [0.15, 0.2) is 54.7 Å². The topological polar surface area (TPSA) is 47.9 Å². The molecule has 31 heavy (non-hydrogen) atoms. The van der Waals surface area contributed by atoms with Crippen LogP contribution in [0, 0.1) is 5.82 Å². The average molecular weight is 442 g/mol. The van der Waals surface area contributed by atoms with E-state index < -0.39 is 0 Å². The second-order valence-corrected chi connectivity index (χ2v) is 7.51. The first-order valence-corrected chi connectivity index (χ1v) is 10.2. The summed E-state index contributed by atoms with van der Waals surface area (Å²) in [4.78, 5) is 2.09. The molecule has 4 rings (SSSR count). The molecule has 0 radical (unpaired) electrons. The number of nitrogens with zero attached hydrogens (tertiary/aromatic N) is 2. The van der Waals surface area contributed by atoms with Crippen molar-refractivity contribution in [1.82, 2.24) is 9.47 Å². The van der Waals surface area contributed by atoms with Crippen molar-refractivity contribution in [3.05, 3.63) is 71.8 Å². The third kappa shape index (κ3) is 4.03. The number of hydrogen-bond acceptors (Lipinski definition) is 4. The highest BCUT2D eigenvalue weighted by Crippen LogP contribution is 2.43. The predicted octanol–water partition coefficient (Wildman–Crippen LogP) is 4.46. The first kappa shape index (κ1) is 21.0. The number of fused-ring (bicyclic) bond motifs is 1. The van der Waals surface area contributed by atoms with Crippen LogP contribution in [0.4, 0.5) is 10.1 Å². The Bertz CT molecular complexity index is 1080. The van der Waals surface area contributed by atoms with E-state index in [1.807, 2.05) is 18.2 Å². The molecular formula is C23H24FN3O3S. The summed E-state index contributed by atoms with van der Waals surface area (Å²) in [6.45, 7) is 1.47. The Balaban J connectivity index is 1.76. The van der Waals surface area contributed by atoms with Crippen LogP contribution < -0.4 is 19.5 Å². The van der Waals surface area contributed by atoms with Crippen LogP contribution in [0.3, 0.4) is 0 Å².